The number of anilines is 2. The molecule has 0 radical (unpaired) electrons. The predicted molar refractivity (Wildman–Crippen MR) is 122 cm³/mol. The minimum atomic E-state index is -0.136. The lowest BCUT2D eigenvalue weighted by molar-refractivity contribution is -0.114. The molecule has 1 aliphatic rings. The number of carbonyl (C=O) groups excluding carboxylic acids is 2. The summed E-state index contributed by atoms with van der Waals surface area (Å²) in [6.45, 7) is 0.122. The molecule has 3 aromatic carbocycles. The molecule has 0 aliphatic heterocycles. The molecule has 3 aromatic rings. The van der Waals surface area contributed by atoms with Gasteiger partial charge in [0.05, 0.1) is 6.54 Å². The van der Waals surface area contributed by atoms with Crippen LogP contribution in [0.5, 0.6) is 0 Å². The van der Waals surface area contributed by atoms with Crippen LogP contribution in [0.4, 0.5) is 11.4 Å². The average molecular weight is 402 g/mol. The molecule has 5 heteroatoms. The van der Waals surface area contributed by atoms with Gasteiger partial charge in [-0.1, -0.05) is 61.7 Å². The van der Waals surface area contributed by atoms with Crippen LogP contribution in [0.25, 0.3) is 10.8 Å². The monoisotopic (exact) mass is 401 g/mol. The van der Waals surface area contributed by atoms with Gasteiger partial charge in [-0.3, -0.25) is 9.59 Å². The van der Waals surface area contributed by atoms with Gasteiger partial charge in [0, 0.05) is 28.4 Å². The second-order valence-electron chi connectivity index (χ2n) is 7.82. The van der Waals surface area contributed by atoms with Crippen molar-refractivity contribution in [1.82, 2.24) is 5.32 Å². The molecule has 0 bridgehead atoms. The first-order valence-electron chi connectivity index (χ1n) is 10.6. The van der Waals surface area contributed by atoms with E-state index < -0.39 is 0 Å². The molecule has 4 rings (SSSR count). The van der Waals surface area contributed by atoms with Crippen LogP contribution in [0, 0.1) is 0 Å². The molecular formula is C25H27N3O2. The molecule has 1 aliphatic carbocycles. The Balaban J connectivity index is 1.34. The Morgan fingerprint density at radius 2 is 1.63 bits per heavy atom. The lowest BCUT2D eigenvalue weighted by Gasteiger charge is -2.22. The Kier molecular flexibility index (Phi) is 6.28. The molecule has 0 saturated heterocycles. The molecular weight excluding hydrogens is 374 g/mol. The maximum atomic E-state index is 12.6. The van der Waals surface area contributed by atoms with Crippen LogP contribution in [-0.2, 0) is 4.79 Å². The Morgan fingerprint density at radius 1 is 0.867 bits per heavy atom. The number of hydrogen-bond donors (Lipinski definition) is 3. The molecule has 0 spiro atoms. The highest BCUT2D eigenvalue weighted by Gasteiger charge is 2.16. The molecule has 0 unspecified atom stereocenters. The Hall–Kier alpha value is -3.34. The van der Waals surface area contributed by atoms with Crippen molar-refractivity contribution < 1.29 is 9.59 Å². The second kappa shape index (κ2) is 9.44. The van der Waals surface area contributed by atoms with Crippen molar-refractivity contribution in [3.63, 3.8) is 0 Å². The third-order valence-corrected chi connectivity index (χ3v) is 5.58. The van der Waals surface area contributed by atoms with Crippen LogP contribution in [0.2, 0.25) is 0 Å². The summed E-state index contributed by atoms with van der Waals surface area (Å²) in [5.74, 6) is -0.186. The van der Waals surface area contributed by atoms with Gasteiger partial charge in [0.15, 0.2) is 0 Å². The fraction of sp³-hybridized carbons (Fsp3) is 0.280. The molecule has 0 heterocycles. The molecule has 2 amide bonds. The quantitative estimate of drug-likeness (QED) is 0.547. The third kappa shape index (κ3) is 4.98. The summed E-state index contributed by atoms with van der Waals surface area (Å²) in [6, 6.07) is 21.4. The number of benzene rings is 3. The Bertz CT molecular complexity index is 1040. The molecule has 3 N–H and O–H groups in total. The molecule has 1 saturated carbocycles. The summed E-state index contributed by atoms with van der Waals surface area (Å²) >= 11 is 0. The summed E-state index contributed by atoms with van der Waals surface area (Å²) in [5, 5.41) is 11.3. The zero-order chi connectivity index (χ0) is 20.8. The van der Waals surface area contributed by atoms with Gasteiger partial charge in [0.2, 0.25) is 5.91 Å². The van der Waals surface area contributed by atoms with Gasteiger partial charge in [0.1, 0.15) is 0 Å². The first-order chi connectivity index (χ1) is 14.7. The minimum absolute atomic E-state index is 0.0502. The van der Waals surface area contributed by atoms with Gasteiger partial charge >= 0.3 is 0 Å². The van der Waals surface area contributed by atoms with E-state index >= 15 is 0 Å². The third-order valence-electron chi connectivity index (χ3n) is 5.58. The van der Waals surface area contributed by atoms with Crippen molar-refractivity contribution >= 4 is 34.0 Å². The van der Waals surface area contributed by atoms with Crippen LogP contribution >= 0.6 is 0 Å². The van der Waals surface area contributed by atoms with Crippen molar-refractivity contribution in [3.05, 3.63) is 72.3 Å². The zero-order valence-electron chi connectivity index (χ0n) is 17.0. The van der Waals surface area contributed by atoms with Crippen molar-refractivity contribution in [2.45, 2.75) is 38.1 Å². The molecule has 154 valence electrons. The number of hydrogen-bond acceptors (Lipinski definition) is 3. The lowest BCUT2D eigenvalue weighted by atomic mass is 9.95. The van der Waals surface area contributed by atoms with Crippen LogP contribution in [0.3, 0.4) is 0 Å². The zero-order valence-corrected chi connectivity index (χ0v) is 17.0. The molecule has 0 aromatic heterocycles. The fourth-order valence-corrected chi connectivity index (χ4v) is 4.00. The summed E-state index contributed by atoms with van der Waals surface area (Å²) in [5.41, 5.74) is 2.15. The summed E-state index contributed by atoms with van der Waals surface area (Å²) < 4.78 is 0. The van der Waals surface area contributed by atoms with Gasteiger partial charge in [0.25, 0.3) is 5.91 Å². The lowest BCUT2D eigenvalue weighted by Crippen LogP contribution is -2.36. The Morgan fingerprint density at radius 3 is 2.50 bits per heavy atom. The molecule has 1 fully saturated rings. The van der Waals surface area contributed by atoms with Crippen molar-refractivity contribution in [2.24, 2.45) is 0 Å². The van der Waals surface area contributed by atoms with E-state index in [4.69, 9.17) is 0 Å². The van der Waals surface area contributed by atoms with Gasteiger partial charge in [-0.15, -0.1) is 0 Å². The van der Waals surface area contributed by atoms with E-state index in [1.165, 1.54) is 19.3 Å². The Labute approximate surface area is 176 Å². The van der Waals surface area contributed by atoms with Crippen LogP contribution < -0.4 is 16.0 Å². The van der Waals surface area contributed by atoms with Crippen LogP contribution in [0.15, 0.2) is 66.7 Å². The normalized spacial score (nSPS) is 14.3. The standard InChI is InChI=1S/C25H27N3O2/c29-24(28-23-15-7-9-18-8-4-5-14-22(18)23)17-26-21-13-6-10-19(16-21)25(30)27-20-11-2-1-3-12-20/h4-10,13-16,20,26H,1-3,11-12,17H2,(H,27,30)(H,28,29). The van der Waals surface area contributed by atoms with Gasteiger partial charge in [-0.2, -0.15) is 0 Å². The van der Waals surface area contributed by atoms with Crippen molar-refractivity contribution in [2.75, 3.05) is 17.2 Å². The van der Waals surface area contributed by atoms with E-state index in [2.05, 4.69) is 16.0 Å². The van der Waals surface area contributed by atoms with Crippen LogP contribution in [0.1, 0.15) is 42.5 Å². The van der Waals surface area contributed by atoms with E-state index in [0.717, 1.165) is 35.0 Å². The topological polar surface area (TPSA) is 70.2 Å². The average Bonchev–Trinajstić information content (AvgIpc) is 2.79. The highest BCUT2D eigenvalue weighted by Crippen LogP contribution is 2.23. The van der Waals surface area contributed by atoms with Gasteiger partial charge in [-0.05, 0) is 42.5 Å². The maximum absolute atomic E-state index is 12.6. The fourth-order valence-electron chi connectivity index (χ4n) is 4.00. The van der Waals surface area contributed by atoms with E-state index in [-0.39, 0.29) is 24.4 Å². The van der Waals surface area contributed by atoms with Crippen molar-refractivity contribution in [3.8, 4) is 0 Å². The minimum Gasteiger partial charge on any atom is -0.376 e. The van der Waals surface area contributed by atoms with Crippen molar-refractivity contribution in [1.29, 1.82) is 0 Å². The molecule has 30 heavy (non-hydrogen) atoms. The highest BCUT2D eigenvalue weighted by molar-refractivity contribution is 6.03. The van der Waals surface area contributed by atoms with E-state index in [0.29, 0.717) is 5.56 Å². The molecule has 5 nitrogen and oxygen atoms in total. The van der Waals surface area contributed by atoms with Crippen LogP contribution in [-0.4, -0.2) is 24.4 Å². The van der Waals surface area contributed by atoms with E-state index in [9.17, 15) is 9.59 Å². The van der Waals surface area contributed by atoms with Gasteiger partial charge < -0.3 is 16.0 Å². The smallest absolute Gasteiger partial charge is 0.251 e. The number of rotatable bonds is 6. The maximum Gasteiger partial charge on any atom is 0.251 e. The number of amides is 2. The summed E-state index contributed by atoms with van der Waals surface area (Å²) in [7, 11) is 0. The predicted octanol–water partition coefficient (Wildman–Crippen LogP) is 4.95. The second-order valence-corrected chi connectivity index (χ2v) is 7.82. The number of carbonyl (C=O) groups is 2. The summed E-state index contributed by atoms with van der Waals surface area (Å²) in [4.78, 5) is 25.0. The number of fused-ring (bicyclic) bond motifs is 1. The van der Waals surface area contributed by atoms with E-state index in [1.54, 1.807) is 12.1 Å². The number of nitrogens with one attached hydrogen (secondary N) is 3. The first kappa shape index (κ1) is 20.0. The SMILES string of the molecule is O=C(CNc1cccc(C(=O)NC2CCCCC2)c1)Nc1cccc2ccccc12. The largest absolute Gasteiger partial charge is 0.376 e. The highest BCUT2D eigenvalue weighted by atomic mass is 16.2. The van der Waals surface area contributed by atoms with Gasteiger partial charge in [-0.25, -0.2) is 0 Å². The van der Waals surface area contributed by atoms with E-state index in [1.807, 2.05) is 54.6 Å². The first-order valence-corrected chi connectivity index (χ1v) is 10.6. The summed E-state index contributed by atoms with van der Waals surface area (Å²) in [6.07, 6.45) is 5.72. The molecule has 0 atom stereocenters.